The number of halogens is 1. The van der Waals surface area contributed by atoms with Crippen LogP contribution in [0.25, 0.3) is 0 Å². The smallest absolute Gasteiger partial charge is 0.328 e. The molecule has 132 valence electrons. The van der Waals surface area contributed by atoms with Gasteiger partial charge in [-0.2, -0.15) is 0 Å². The zero-order valence-corrected chi connectivity index (χ0v) is 13.8. The molecule has 0 aliphatic carbocycles. The maximum atomic E-state index is 13.8. The first-order valence-corrected chi connectivity index (χ1v) is 7.73. The molecule has 7 nitrogen and oxygen atoms in total. The highest BCUT2D eigenvalue weighted by Crippen LogP contribution is 2.27. The number of benzene rings is 1. The summed E-state index contributed by atoms with van der Waals surface area (Å²) in [4.78, 5) is 26.0. The van der Waals surface area contributed by atoms with Gasteiger partial charge in [-0.05, 0) is 19.1 Å². The quantitative estimate of drug-likeness (QED) is 0.786. The van der Waals surface area contributed by atoms with Crippen molar-refractivity contribution in [3.8, 4) is 5.75 Å². The maximum absolute atomic E-state index is 13.8. The zero-order valence-electron chi connectivity index (χ0n) is 13.8. The van der Waals surface area contributed by atoms with Crippen molar-refractivity contribution in [1.29, 1.82) is 0 Å². The number of ether oxygens (including phenoxy) is 2. The van der Waals surface area contributed by atoms with Gasteiger partial charge in [0.15, 0.2) is 17.3 Å². The highest BCUT2D eigenvalue weighted by molar-refractivity contribution is 5.95. The molecule has 1 aliphatic heterocycles. The Labute approximate surface area is 143 Å². The van der Waals surface area contributed by atoms with Crippen LogP contribution in [0.4, 0.5) is 4.39 Å². The van der Waals surface area contributed by atoms with Gasteiger partial charge in [0.1, 0.15) is 17.9 Å². The number of nitrogens with zero attached hydrogens (tertiary/aromatic N) is 2. The van der Waals surface area contributed by atoms with E-state index >= 15 is 0 Å². The van der Waals surface area contributed by atoms with Crippen molar-refractivity contribution in [2.45, 2.75) is 25.5 Å². The first kappa shape index (κ1) is 16.9. The lowest BCUT2D eigenvalue weighted by atomic mass is 10.2. The summed E-state index contributed by atoms with van der Waals surface area (Å²) >= 11 is 0. The summed E-state index contributed by atoms with van der Waals surface area (Å²) in [5.74, 6) is -0.979. The minimum Gasteiger partial charge on any atom is -0.485 e. The van der Waals surface area contributed by atoms with Crippen LogP contribution in [0, 0.1) is 12.7 Å². The standard InChI is InChI=1S/C17H17FN2O5/c1-10-7-13(19-25-10)16(21)20-9-11(8-14(20)17(22)23-2)24-15-6-4-3-5-12(15)18/h3-7,11,14H,8-9H2,1-2H3/t11-,14+/m0/s1. The third-order valence-electron chi connectivity index (χ3n) is 3.97. The Morgan fingerprint density at radius 3 is 2.76 bits per heavy atom. The summed E-state index contributed by atoms with van der Waals surface area (Å²) in [5, 5.41) is 3.68. The highest BCUT2D eigenvalue weighted by atomic mass is 19.1. The fraction of sp³-hybridized carbons (Fsp3) is 0.353. The molecular formula is C17H17FN2O5. The zero-order chi connectivity index (χ0) is 18.0. The molecule has 1 aliphatic rings. The van der Waals surface area contributed by atoms with Gasteiger partial charge in [-0.1, -0.05) is 17.3 Å². The lowest BCUT2D eigenvalue weighted by Gasteiger charge is -2.20. The van der Waals surface area contributed by atoms with E-state index in [0.29, 0.717) is 5.76 Å². The Hall–Kier alpha value is -2.90. The molecule has 1 aromatic heterocycles. The number of esters is 1. The molecule has 0 radical (unpaired) electrons. The molecule has 2 aromatic rings. The number of aromatic nitrogens is 1. The number of rotatable bonds is 4. The van der Waals surface area contributed by atoms with Gasteiger partial charge in [-0.15, -0.1) is 0 Å². The van der Waals surface area contributed by atoms with Crippen molar-refractivity contribution in [2.24, 2.45) is 0 Å². The summed E-state index contributed by atoms with van der Waals surface area (Å²) in [5.41, 5.74) is 0.0953. The van der Waals surface area contributed by atoms with Crippen molar-refractivity contribution in [3.05, 3.63) is 47.6 Å². The SMILES string of the molecule is COC(=O)[C@H]1C[C@H](Oc2ccccc2F)CN1C(=O)c1cc(C)on1. The van der Waals surface area contributed by atoms with Crippen molar-refractivity contribution < 1.29 is 28.0 Å². The van der Waals surface area contributed by atoms with Crippen molar-refractivity contribution in [1.82, 2.24) is 10.1 Å². The summed E-state index contributed by atoms with van der Waals surface area (Å²) in [6, 6.07) is 6.63. The topological polar surface area (TPSA) is 81.9 Å². The predicted molar refractivity (Wildman–Crippen MR) is 83.5 cm³/mol. The molecule has 1 aromatic carbocycles. The number of amides is 1. The van der Waals surface area contributed by atoms with Crippen LogP contribution in [0.15, 0.2) is 34.9 Å². The van der Waals surface area contributed by atoms with Crippen molar-refractivity contribution in [2.75, 3.05) is 13.7 Å². The van der Waals surface area contributed by atoms with Crippen LogP contribution >= 0.6 is 0 Å². The monoisotopic (exact) mass is 348 g/mol. The molecule has 0 saturated carbocycles. The van der Waals surface area contributed by atoms with Crippen LogP contribution in [-0.4, -0.2) is 47.7 Å². The number of hydrogen-bond donors (Lipinski definition) is 0. The summed E-state index contributed by atoms with van der Waals surface area (Å²) < 4.78 is 29.1. The molecule has 0 unspecified atom stereocenters. The summed E-state index contributed by atoms with van der Waals surface area (Å²) in [6.07, 6.45) is -0.346. The molecule has 0 spiro atoms. The fourth-order valence-electron chi connectivity index (χ4n) is 2.80. The van der Waals surface area contributed by atoms with E-state index in [1.165, 1.54) is 30.2 Å². The molecule has 2 heterocycles. The van der Waals surface area contributed by atoms with Crippen LogP contribution in [0.5, 0.6) is 5.75 Å². The number of carbonyl (C=O) groups is 2. The van der Waals surface area contributed by atoms with E-state index in [1.807, 2.05) is 0 Å². The predicted octanol–water partition coefficient (Wildman–Crippen LogP) is 1.96. The van der Waals surface area contributed by atoms with Crippen LogP contribution < -0.4 is 4.74 Å². The number of carbonyl (C=O) groups excluding carboxylic acids is 2. The third kappa shape index (κ3) is 3.47. The van der Waals surface area contributed by atoms with Crippen LogP contribution in [-0.2, 0) is 9.53 Å². The average Bonchev–Trinajstić information content (AvgIpc) is 3.22. The molecule has 1 fully saturated rings. The second-order valence-electron chi connectivity index (χ2n) is 5.73. The normalized spacial score (nSPS) is 19.7. The Morgan fingerprint density at radius 1 is 1.36 bits per heavy atom. The molecule has 25 heavy (non-hydrogen) atoms. The van der Waals surface area contributed by atoms with Gasteiger partial charge in [0, 0.05) is 12.5 Å². The first-order valence-electron chi connectivity index (χ1n) is 7.73. The minimum absolute atomic E-state index is 0.0719. The van der Waals surface area contributed by atoms with Crippen LogP contribution in [0.3, 0.4) is 0 Å². The fourth-order valence-corrected chi connectivity index (χ4v) is 2.80. The first-order chi connectivity index (χ1) is 12.0. The lowest BCUT2D eigenvalue weighted by Crippen LogP contribution is -2.41. The second kappa shape index (κ2) is 6.92. The second-order valence-corrected chi connectivity index (χ2v) is 5.73. The lowest BCUT2D eigenvalue weighted by molar-refractivity contribution is -0.145. The Morgan fingerprint density at radius 2 is 2.12 bits per heavy atom. The molecule has 1 saturated heterocycles. The highest BCUT2D eigenvalue weighted by Gasteiger charge is 2.42. The van der Waals surface area contributed by atoms with Gasteiger partial charge in [-0.25, -0.2) is 9.18 Å². The average molecular weight is 348 g/mol. The number of methoxy groups -OCH3 is 1. The minimum atomic E-state index is -0.828. The molecule has 3 rings (SSSR count). The Bertz CT molecular complexity index is 791. The molecule has 1 amide bonds. The third-order valence-corrected chi connectivity index (χ3v) is 3.97. The van der Waals surface area contributed by atoms with E-state index in [0.717, 1.165) is 0 Å². The molecule has 8 heteroatoms. The van der Waals surface area contributed by atoms with Crippen LogP contribution in [0.1, 0.15) is 22.7 Å². The van der Waals surface area contributed by atoms with Gasteiger partial charge in [0.05, 0.1) is 13.7 Å². The van der Waals surface area contributed by atoms with E-state index in [1.54, 1.807) is 19.1 Å². The summed E-state index contributed by atoms with van der Waals surface area (Å²) in [6.45, 7) is 1.77. The van der Waals surface area contributed by atoms with E-state index in [9.17, 15) is 14.0 Å². The molecule has 2 atom stereocenters. The van der Waals surface area contributed by atoms with E-state index in [2.05, 4.69) is 5.16 Å². The van der Waals surface area contributed by atoms with Gasteiger partial charge in [-0.3, -0.25) is 4.79 Å². The van der Waals surface area contributed by atoms with E-state index < -0.39 is 29.8 Å². The Kier molecular flexibility index (Phi) is 4.69. The van der Waals surface area contributed by atoms with Crippen molar-refractivity contribution in [3.63, 3.8) is 0 Å². The van der Waals surface area contributed by atoms with Gasteiger partial charge in [0.2, 0.25) is 0 Å². The number of aryl methyl sites for hydroxylation is 1. The van der Waals surface area contributed by atoms with Crippen molar-refractivity contribution >= 4 is 11.9 Å². The van der Waals surface area contributed by atoms with Gasteiger partial charge >= 0.3 is 5.97 Å². The van der Waals surface area contributed by atoms with E-state index in [4.69, 9.17) is 14.0 Å². The maximum Gasteiger partial charge on any atom is 0.328 e. The number of likely N-dealkylation sites (tertiary alicyclic amines) is 1. The Balaban J connectivity index is 1.80. The van der Waals surface area contributed by atoms with Gasteiger partial charge < -0.3 is 18.9 Å². The summed E-state index contributed by atoms with van der Waals surface area (Å²) in [7, 11) is 1.25. The molecule has 0 bridgehead atoms. The largest absolute Gasteiger partial charge is 0.485 e. The van der Waals surface area contributed by atoms with Crippen LogP contribution in [0.2, 0.25) is 0 Å². The number of hydrogen-bond acceptors (Lipinski definition) is 6. The van der Waals surface area contributed by atoms with E-state index in [-0.39, 0.29) is 24.4 Å². The molecule has 0 N–H and O–H groups in total. The van der Waals surface area contributed by atoms with Gasteiger partial charge in [0.25, 0.3) is 5.91 Å². The molecular weight excluding hydrogens is 331 g/mol. The number of para-hydroxylation sites is 1.